The molecule has 2 aromatic rings. The number of carboxylic acid groups (broad SMARTS) is 1. The predicted octanol–water partition coefficient (Wildman–Crippen LogP) is 2.53. The molecule has 0 saturated carbocycles. The molecule has 0 aliphatic rings. The highest BCUT2D eigenvalue weighted by Gasteiger charge is 2.18. The second-order valence-electron chi connectivity index (χ2n) is 4.86. The van der Waals surface area contributed by atoms with E-state index in [2.05, 4.69) is 10.4 Å². The Kier molecular flexibility index (Phi) is 6.19. The second kappa shape index (κ2) is 8.14. The van der Waals surface area contributed by atoms with Crippen molar-refractivity contribution in [1.82, 2.24) is 15.1 Å². The molecule has 1 aromatic heterocycles. The third-order valence-corrected chi connectivity index (χ3v) is 3.91. The van der Waals surface area contributed by atoms with Crippen molar-refractivity contribution >= 4 is 35.1 Å². The van der Waals surface area contributed by atoms with Crippen molar-refractivity contribution in [1.29, 1.82) is 0 Å². The van der Waals surface area contributed by atoms with Gasteiger partial charge in [0.2, 0.25) is 0 Å². The summed E-state index contributed by atoms with van der Waals surface area (Å²) in [6.45, 7) is 0.549. The first-order valence-electron chi connectivity index (χ1n) is 6.97. The smallest absolute Gasteiger partial charge is 0.358 e. The average Bonchev–Trinajstić information content (AvgIpc) is 2.97. The van der Waals surface area contributed by atoms with Crippen LogP contribution < -0.4 is 5.32 Å². The number of rotatable bonds is 7. The van der Waals surface area contributed by atoms with E-state index < -0.39 is 11.9 Å². The van der Waals surface area contributed by atoms with Gasteiger partial charge in [-0.3, -0.25) is 4.79 Å². The Labute approximate surface area is 148 Å². The van der Waals surface area contributed by atoms with Gasteiger partial charge in [0, 0.05) is 24.8 Å². The fourth-order valence-corrected chi connectivity index (χ4v) is 2.28. The highest BCUT2D eigenvalue weighted by atomic mass is 35.5. The lowest BCUT2D eigenvalue weighted by Gasteiger charge is -2.03. The van der Waals surface area contributed by atoms with Crippen LogP contribution in [-0.2, 0) is 16.1 Å². The third-order valence-electron chi connectivity index (χ3n) is 3.17. The number of benzene rings is 1. The number of hydrogen-bond donors (Lipinski definition) is 2. The van der Waals surface area contributed by atoms with Gasteiger partial charge in [0.25, 0.3) is 0 Å². The lowest BCUT2D eigenvalue weighted by atomic mass is 10.2. The quantitative estimate of drug-likeness (QED) is 0.573. The summed E-state index contributed by atoms with van der Waals surface area (Å²) < 4.78 is 6.22. The van der Waals surface area contributed by atoms with Crippen molar-refractivity contribution in [3.05, 3.63) is 45.7 Å². The summed E-state index contributed by atoms with van der Waals surface area (Å²) in [5.74, 6) is -1.48. The number of carbonyl (C=O) groups is 2. The van der Waals surface area contributed by atoms with E-state index >= 15 is 0 Å². The molecule has 0 atom stereocenters. The Morgan fingerprint density at radius 2 is 2.08 bits per heavy atom. The number of hydrogen-bond acceptors (Lipinski definition) is 5. The molecule has 9 heteroatoms. The van der Waals surface area contributed by atoms with Crippen LogP contribution in [0.2, 0.25) is 10.0 Å². The predicted molar refractivity (Wildman–Crippen MR) is 88.9 cm³/mol. The molecule has 0 spiro atoms. The number of carboxylic acids is 1. The summed E-state index contributed by atoms with van der Waals surface area (Å²) >= 11 is 11.9. The van der Waals surface area contributed by atoms with E-state index in [9.17, 15) is 9.59 Å². The van der Waals surface area contributed by atoms with E-state index in [0.717, 1.165) is 0 Å². The summed E-state index contributed by atoms with van der Waals surface area (Å²) in [6, 6.07) is 4.97. The molecule has 0 aliphatic heterocycles. The molecule has 1 aromatic carbocycles. The van der Waals surface area contributed by atoms with Crippen LogP contribution in [0, 0.1) is 0 Å². The monoisotopic (exact) mass is 371 g/mol. The highest BCUT2D eigenvalue weighted by molar-refractivity contribution is 6.42. The molecule has 0 radical (unpaired) electrons. The van der Waals surface area contributed by atoms with Crippen molar-refractivity contribution in [3.63, 3.8) is 0 Å². The number of aromatic nitrogens is 2. The lowest BCUT2D eigenvalue weighted by molar-refractivity contribution is -0.136. The molecule has 2 N–H and O–H groups in total. The van der Waals surface area contributed by atoms with Gasteiger partial charge in [-0.15, -0.1) is 0 Å². The topological polar surface area (TPSA) is 93.5 Å². The van der Waals surface area contributed by atoms with Gasteiger partial charge in [0.15, 0.2) is 5.69 Å². The van der Waals surface area contributed by atoms with Gasteiger partial charge in [0.05, 0.1) is 29.3 Å². The zero-order chi connectivity index (χ0) is 17.7. The molecule has 0 fully saturated rings. The van der Waals surface area contributed by atoms with Crippen LogP contribution in [-0.4, -0.2) is 40.5 Å². The third kappa shape index (κ3) is 4.47. The molecule has 0 aliphatic carbocycles. The van der Waals surface area contributed by atoms with Gasteiger partial charge in [-0.25, -0.2) is 9.48 Å². The number of nitrogens with one attached hydrogen (secondary N) is 1. The number of methoxy groups -OCH3 is 1. The van der Waals surface area contributed by atoms with Crippen molar-refractivity contribution in [2.75, 3.05) is 13.7 Å². The Bertz CT molecular complexity index is 761. The van der Waals surface area contributed by atoms with E-state index in [-0.39, 0.29) is 25.2 Å². The van der Waals surface area contributed by atoms with Crippen LogP contribution in [0.4, 0.5) is 0 Å². The summed E-state index contributed by atoms with van der Waals surface area (Å²) in [6.07, 6.45) is 1.63. The van der Waals surface area contributed by atoms with Crippen LogP contribution >= 0.6 is 23.2 Å². The first kappa shape index (κ1) is 18.3. The Morgan fingerprint density at radius 3 is 2.71 bits per heavy atom. The number of nitrogens with zero attached hydrogens (tertiary/aromatic N) is 2. The minimum Gasteiger partial charge on any atom is -0.481 e. The molecule has 2 rings (SSSR count). The zero-order valence-corrected chi connectivity index (χ0v) is 14.3. The average molecular weight is 372 g/mol. The van der Waals surface area contributed by atoms with Gasteiger partial charge in [-0.05, 0) is 18.2 Å². The summed E-state index contributed by atoms with van der Waals surface area (Å²) in [4.78, 5) is 22.4. The Balaban J connectivity index is 2.25. The molecule has 0 bridgehead atoms. The number of aliphatic carboxylic acids is 1. The molecular formula is C15H15Cl2N3O4. The zero-order valence-electron chi connectivity index (χ0n) is 12.8. The fraction of sp³-hybridized carbons (Fsp3) is 0.267. The van der Waals surface area contributed by atoms with Crippen molar-refractivity contribution in [2.45, 2.75) is 13.0 Å². The minimum absolute atomic E-state index is 0.0194. The number of halogens is 2. The first-order valence-corrected chi connectivity index (χ1v) is 7.72. The lowest BCUT2D eigenvalue weighted by Crippen LogP contribution is -2.19. The van der Waals surface area contributed by atoms with Gasteiger partial charge in [-0.2, -0.15) is 5.10 Å². The number of carbonyl (C=O) groups excluding carboxylic acids is 1. The largest absolute Gasteiger partial charge is 0.481 e. The van der Waals surface area contributed by atoms with Gasteiger partial charge < -0.3 is 15.2 Å². The van der Waals surface area contributed by atoms with Crippen molar-refractivity contribution in [2.24, 2.45) is 0 Å². The Morgan fingerprint density at radius 1 is 1.33 bits per heavy atom. The van der Waals surface area contributed by atoms with E-state index in [1.807, 2.05) is 0 Å². The van der Waals surface area contributed by atoms with Crippen LogP contribution in [0.3, 0.4) is 0 Å². The van der Waals surface area contributed by atoms with Crippen LogP contribution in [0.25, 0.3) is 5.69 Å². The van der Waals surface area contributed by atoms with Crippen LogP contribution in [0.5, 0.6) is 0 Å². The van der Waals surface area contributed by atoms with E-state index in [0.29, 0.717) is 21.3 Å². The van der Waals surface area contributed by atoms with Crippen molar-refractivity contribution in [3.8, 4) is 5.69 Å². The van der Waals surface area contributed by atoms with Gasteiger partial charge >= 0.3 is 11.9 Å². The molecule has 24 heavy (non-hydrogen) atoms. The standard InChI is InChI=1S/C15H15Cl2N3O4/c1-24-15(23)14-9(7-18-5-4-13(21)22)8-20(19-14)10-2-3-11(16)12(17)6-10/h2-3,6,8,18H,4-5,7H2,1H3,(H,21,22). The van der Waals surface area contributed by atoms with Crippen LogP contribution in [0.15, 0.2) is 24.4 Å². The number of esters is 1. The van der Waals surface area contributed by atoms with E-state index in [1.54, 1.807) is 24.4 Å². The minimum atomic E-state index is -0.901. The molecule has 7 nitrogen and oxygen atoms in total. The molecule has 0 unspecified atom stereocenters. The SMILES string of the molecule is COC(=O)c1nn(-c2ccc(Cl)c(Cl)c2)cc1CNCCC(=O)O. The van der Waals surface area contributed by atoms with E-state index in [1.165, 1.54) is 11.8 Å². The Hall–Kier alpha value is -2.09. The maximum Gasteiger partial charge on any atom is 0.358 e. The van der Waals surface area contributed by atoms with E-state index in [4.69, 9.17) is 33.0 Å². The van der Waals surface area contributed by atoms with Crippen molar-refractivity contribution < 1.29 is 19.4 Å². The number of ether oxygens (including phenoxy) is 1. The van der Waals surface area contributed by atoms with Gasteiger partial charge in [0.1, 0.15) is 0 Å². The molecule has 0 saturated heterocycles. The highest BCUT2D eigenvalue weighted by Crippen LogP contribution is 2.24. The maximum atomic E-state index is 11.9. The van der Waals surface area contributed by atoms with Gasteiger partial charge in [-0.1, -0.05) is 23.2 Å². The maximum absolute atomic E-state index is 11.9. The molecule has 128 valence electrons. The van der Waals surface area contributed by atoms with Crippen LogP contribution in [0.1, 0.15) is 22.5 Å². The molecule has 1 heterocycles. The molecule has 0 amide bonds. The summed E-state index contributed by atoms with van der Waals surface area (Å²) in [7, 11) is 1.27. The first-order chi connectivity index (χ1) is 11.4. The second-order valence-corrected chi connectivity index (χ2v) is 5.67. The summed E-state index contributed by atoms with van der Waals surface area (Å²) in [5, 5.41) is 16.6. The molecular weight excluding hydrogens is 357 g/mol. The summed E-state index contributed by atoms with van der Waals surface area (Å²) in [5.41, 5.74) is 1.36. The normalized spacial score (nSPS) is 10.6. The fourth-order valence-electron chi connectivity index (χ4n) is 1.99.